The number of ether oxygens (including phenoxy) is 2. The molecular formula is C23H30F2O5. The number of esters is 1. The molecule has 1 aliphatic carbocycles. The highest BCUT2D eigenvalue weighted by atomic mass is 19.3. The first-order valence-corrected chi connectivity index (χ1v) is 10.2. The maximum atomic E-state index is 14.2. The number of methoxy groups -OCH3 is 1. The molecule has 1 aliphatic rings. The van der Waals surface area contributed by atoms with E-state index < -0.39 is 30.7 Å². The van der Waals surface area contributed by atoms with Crippen LogP contribution in [0.4, 0.5) is 8.78 Å². The molecule has 2 rings (SSSR count). The fourth-order valence-corrected chi connectivity index (χ4v) is 3.54. The summed E-state index contributed by atoms with van der Waals surface area (Å²) in [6.45, 7) is -0.802. The normalized spacial score (nSPS) is 24.6. The van der Waals surface area contributed by atoms with Crippen LogP contribution in [0, 0.1) is 11.8 Å². The Hall–Kier alpha value is -2.25. The molecule has 1 aromatic rings. The van der Waals surface area contributed by atoms with Crippen LogP contribution in [0.1, 0.15) is 32.1 Å². The summed E-state index contributed by atoms with van der Waals surface area (Å²) in [5, 5.41) is 20.4. The second-order valence-electron chi connectivity index (χ2n) is 7.51. The Bertz CT molecular complexity index is 705. The van der Waals surface area contributed by atoms with Gasteiger partial charge in [0.2, 0.25) is 0 Å². The second kappa shape index (κ2) is 11.8. The van der Waals surface area contributed by atoms with Crippen molar-refractivity contribution < 1.29 is 33.3 Å². The first kappa shape index (κ1) is 24.0. The Kier molecular flexibility index (Phi) is 9.46. The predicted octanol–water partition coefficient (Wildman–Crippen LogP) is 3.90. The van der Waals surface area contributed by atoms with Crippen molar-refractivity contribution >= 4 is 5.97 Å². The Labute approximate surface area is 176 Å². The largest absolute Gasteiger partial charge is 0.487 e. The summed E-state index contributed by atoms with van der Waals surface area (Å²) in [5.74, 6) is -4.02. The van der Waals surface area contributed by atoms with Crippen molar-refractivity contribution in [3.63, 3.8) is 0 Å². The van der Waals surface area contributed by atoms with Crippen LogP contribution in [-0.2, 0) is 9.53 Å². The van der Waals surface area contributed by atoms with Gasteiger partial charge < -0.3 is 19.7 Å². The van der Waals surface area contributed by atoms with Crippen molar-refractivity contribution in [2.75, 3.05) is 13.7 Å². The minimum atomic E-state index is -3.20. The average molecular weight is 424 g/mol. The quantitative estimate of drug-likeness (QED) is 0.320. The number of hydrogen-bond acceptors (Lipinski definition) is 5. The number of halogens is 2. The summed E-state index contributed by atoms with van der Waals surface area (Å²) in [5.41, 5.74) is 0. The third-order valence-electron chi connectivity index (χ3n) is 5.21. The Morgan fingerprint density at radius 2 is 1.93 bits per heavy atom. The number of carbonyl (C=O) groups is 1. The zero-order valence-electron chi connectivity index (χ0n) is 17.1. The maximum absolute atomic E-state index is 14.2. The van der Waals surface area contributed by atoms with E-state index >= 15 is 0 Å². The van der Waals surface area contributed by atoms with E-state index in [-0.39, 0.29) is 18.3 Å². The molecule has 1 fully saturated rings. The predicted molar refractivity (Wildman–Crippen MR) is 109 cm³/mol. The van der Waals surface area contributed by atoms with Gasteiger partial charge in [-0.15, -0.1) is 0 Å². The van der Waals surface area contributed by atoms with Gasteiger partial charge in [0.25, 0.3) is 5.92 Å². The van der Waals surface area contributed by atoms with E-state index in [9.17, 15) is 23.8 Å². The summed E-state index contributed by atoms with van der Waals surface area (Å²) in [7, 11) is 1.34. The SMILES string of the molecule is COC(=O)CCC/C=C\C[C@H]1C(O)CC(O)[C@@H]1/C=C/C(F)(F)COc1ccccc1. The summed E-state index contributed by atoms with van der Waals surface area (Å²) in [4.78, 5) is 11.1. The highest BCUT2D eigenvalue weighted by molar-refractivity contribution is 5.69. The van der Waals surface area contributed by atoms with Crippen LogP contribution >= 0.6 is 0 Å². The third-order valence-corrected chi connectivity index (χ3v) is 5.21. The van der Waals surface area contributed by atoms with Gasteiger partial charge in [0, 0.05) is 18.8 Å². The van der Waals surface area contributed by atoms with Crippen LogP contribution < -0.4 is 4.74 Å². The first-order chi connectivity index (χ1) is 14.3. The van der Waals surface area contributed by atoms with Gasteiger partial charge in [0.1, 0.15) is 5.75 Å². The van der Waals surface area contributed by atoms with Gasteiger partial charge in [-0.25, -0.2) is 0 Å². The number of aliphatic hydroxyl groups excluding tert-OH is 2. The van der Waals surface area contributed by atoms with Crippen LogP contribution in [-0.4, -0.2) is 48.0 Å². The van der Waals surface area contributed by atoms with E-state index in [0.29, 0.717) is 31.4 Å². The number of rotatable bonds is 11. The fraction of sp³-hybridized carbons (Fsp3) is 0.522. The minimum Gasteiger partial charge on any atom is -0.487 e. The van der Waals surface area contributed by atoms with E-state index in [1.54, 1.807) is 30.3 Å². The highest BCUT2D eigenvalue weighted by Crippen LogP contribution is 2.37. The van der Waals surface area contributed by atoms with Crippen molar-refractivity contribution in [1.29, 1.82) is 0 Å². The molecule has 0 spiro atoms. The lowest BCUT2D eigenvalue weighted by Crippen LogP contribution is -2.25. The number of aliphatic hydroxyl groups is 2. The molecule has 5 nitrogen and oxygen atoms in total. The van der Waals surface area contributed by atoms with Crippen molar-refractivity contribution in [1.82, 2.24) is 0 Å². The van der Waals surface area contributed by atoms with Crippen molar-refractivity contribution in [2.45, 2.75) is 50.2 Å². The molecule has 0 amide bonds. The number of carbonyl (C=O) groups excluding carboxylic acids is 1. The van der Waals surface area contributed by atoms with Crippen LogP contribution in [0.5, 0.6) is 5.75 Å². The van der Waals surface area contributed by atoms with E-state index in [4.69, 9.17) is 4.74 Å². The molecule has 1 saturated carbocycles. The third kappa shape index (κ3) is 7.88. The minimum absolute atomic E-state index is 0.155. The lowest BCUT2D eigenvalue weighted by molar-refractivity contribution is -0.140. The number of unbranched alkanes of at least 4 members (excludes halogenated alkanes) is 1. The van der Waals surface area contributed by atoms with Crippen LogP contribution in [0.2, 0.25) is 0 Å². The van der Waals surface area contributed by atoms with Gasteiger partial charge in [0.05, 0.1) is 19.3 Å². The molecule has 0 radical (unpaired) electrons. The molecule has 30 heavy (non-hydrogen) atoms. The molecule has 2 N–H and O–H groups in total. The summed E-state index contributed by atoms with van der Waals surface area (Å²) in [6.07, 6.45) is 6.44. The average Bonchev–Trinajstić information content (AvgIpc) is 3.00. The lowest BCUT2D eigenvalue weighted by atomic mass is 9.89. The Balaban J connectivity index is 1.87. The van der Waals surface area contributed by atoms with E-state index in [0.717, 1.165) is 6.08 Å². The summed E-state index contributed by atoms with van der Waals surface area (Å²) >= 11 is 0. The number of allylic oxidation sites excluding steroid dienone is 2. The standard InChI is InChI=1S/C23H30F2O5/c1-29-22(28)12-8-3-2-7-11-18-19(21(27)15-20(18)26)13-14-23(24,25)16-30-17-9-5-4-6-10-17/h2,4-7,9-10,13-14,18-21,26-27H,3,8,11-12,15-16H2,1H3/b7-2-,14-13+/t18-,19-,20?,21?/m1/s1. The highest BCUT2D eigenvalue weighted by Gasteiger charge is 2.40. The molecule has 166 valence electrons. The molecule has 0 bridgehead atoms. The van der Waals surface area contributed by atoms with Gasteiger partial charge >= 0.3 is 5.97 Å². The van der Waals surface area contributed by atoms with Gasteiger partial charge in [-0.2, -0.15) is 8.78 Å². The van der Waals surface area contributed by atoms with Gasteiger partial charge in [0.15, 0.2) is 6.61 Å². The van der Waals surface area contributed by atoms with Gasteiger partial charge in [-0.3, -0.25) is 4.79 Å². The molecule has 7 heteroatoms. The molecule has 1 aromatic carbocycles. The van der Waals surface area contributed by atoms with Crippen molar-refractivity contribution in [3.05, 3.63) is 54.6 Å². The topological polar surface area (TPSA) is 76.0 Å². The Morgan fingerprint density at radius 1 is 1.20 bits per heavy atom. The number of para-hydroxylation sites is 1. The zero-order chi connectivity index (χ0) is 22.0. The lowest BCUT2D eigenvalue weighted by Gasteiger charge is -2.20. The molecule has 2 unspecified atom stereocenters. The number of alkyl halides is 2. The van der Waals surface area contributed by atoms with Crippen LogP contribution in [0.3, 0.4) is 0 Å². The molecular weight excluding hydrogens is 394 g/mol. The molecule has 0 aliphatic heterocycles. The zero-order valence-corrected chi connectivity index (χ0v) is 17.1. The van der Waals surface area contributed by atoms with E-state index in [1.165, 1.54) is 13.2 Å². The Morgan fingerprint density at radius 3 is 2.63 bits per heavy atom. The van der Waals surface area contributed by atoms with Crippen LogP contribution in [0.25, 0.3) is 0 Å². The van der Waals surface area contributed by atoms with Gasteiger partial charge in [-0.05, 0) is 43.4 Å². The smallest absolute Gasteiger partial charge is 0.305 e. The second-order valence-corrected chi connectivity index (χ2v) is 7.51. The van der Waals surface area contributed by atoms with Crippen LogP contribution in [0.15, 0.2) is 54.6 Å². The summed E-state index contributed by atoms with van der Waals surface area (Å²) < 4.78 is 38.1. The fourth-order valence-electron chi connectivity index (χ4n) is 3.54. The number of hydrogen-bond donors (Lipinski definition) is 2. The molecule has 4 atom stereocenters. The monoisotopic (exact) mass is 424 g/mol. The molecule has 0 heterocycles. The summed E-state index contributed by atoms with van der Waals surface area (Å²) in [6, 6.07) is 8.38. The molecule has 0 saturated heterocycles. The van der Waals surface area contributed by atoms with Gasteiger partial charge in [-0.1, -0.05) is 36.4 Å². The first-order valence-electron chi connectivity index (χ1n) is 10.2. The van der Waals surface area contributed by atoms with Crippen molar-refractivity contribution in [3.8, 4) is 5.75 Å². The van der Waals surface area contributed by atoms with Crippen molar-refractivity contribution in [2.24, 2.45) is 11.8 Å². The molecule has 0 aromatic heterocycles. The van der Waals surface area contributed by atoms with E-state index in [1.807, 2.05) is 12.2 Å². The van der Waals surface area contributed by atoms with E-state index in [2.05, 4.69) is 4.74 Å². The maximum Gasteiger partial charge on any atom is 0.305 e. The number of benzene rings is 1.